The summed E-state index contributed by atoms with van der Waals surface area (Å²) in [6.45, 7) is 0.706. The Bertz CT molecular complexity index is 474. The molecule has 1 aromatic carbocycles. The number of rotatable bonds is 2. The highest BCUT2D eigenvalue weighted by Gasteiger charge is 2.46. The second-order valence-corrected chi connectivity index (χ2v) is 5.21. The number of benzene rings is 1. The summed E-state index contributed by atoms with van der Waals surface area (Å²) in [5.74, 6) is 0.853. The molecular formula is C14H19ClN2O2. The molecule has 1 heterocycles. The van der Waals surface area contributed by atoms with Crippen LogP contribution in [0.3, 0.4) is 0 Å². The van der Waals surface area contributed by atoms with Crippen LogP contribution < -0.4 is 15.8 Å². The van der Waals surface area contributed by atoms with Crippen molar-refractivity contribution < 1.29 is 9.53 Å². The third-order valence-corrected chi connectivity index (χ3v) is 3.74. The zero-order valence-corrected chi connectivity index (χ0v) is 11.5. The third kappa shape index (κ3) is 2.85. The summed E-state index contributed by atoms with van der Waals surface area (Å²) < 4.78 is 5.68. The van der Waals surface area contributed by atoms with Crippen molar-refractivity contribution in [3.05, 3.63) is 29.8 Å². The van der Waals surface area contributed by atoms with Gasteiger partial charge in [-0.15, -0.1) is 12.4 Å². The van der Waals surface area contributed by atoms with Crippen LogP contribution in [0.1, 0.15) is 37.3 Å². The van der Waals surface area contributed by atoms with Crippen molar-refractivity contribution in [2.24, 2.45) is 5.73 Å². The lowest BCUT2D eigenvalue weighted by Crippen LogP contribution is -2.44. The van der Waals surface area contributed by atoms with Gasteiger partial charge >= 0.3 is 0 Å². The van der Waals surface area contributed by atoms with Crippen molar-refractivity contribution in [2.45, 2.75) is 37.3 Å². The minimum Gasteiger partial charge on any atom is -0.493 e. The molecule has 19 heavy (non-hydrogen) atoms. The van der Waals surface area contributed by atoms with Crippen LogP contribution in [0.4, 0.5) is 0 Å². The highest BCUT2D eigenvalue weighted by atomic mass is 35.5. The Morgan fingerprint density at radius 2 is 2.11 bits per heavy atom. The largest absolute Gasteiger partial charge is 0.493 e. The molecule has 104 valence electrons. The second-order valence-electron chi connectivity index (χ2n) is 5.21. The summed E-state index contributed by atoms with van der Waals surface area (Å²) in [6.07, 6.45) is 3.43. The lowest BCUT2D eigenvalue weighted by atomic mass is 10.0. The van der Waals surface area contributed by atoms with E-state index in [9.17, 15) is 4.79 Å². The predicted molar refractivity (Wildman–Crippen MR) is 75.5 cm³/mol. The summed E-state index contributed by atoms with van der Waals surface area (Å²) in [4.78, 5) is 12.0. The van der Waals surface area contributed by atoms with Crippen LogP contribution in [0.25, 0.3) is 0 Å². The Kier molecular flexibility index (Phi) is 4.02. The fraction of sp³-hybridized carbons (Fsp3) is 0.500. The van der Waals surface area contributed by atoms with E-state index in [0.717, 1.165) is 37.0 Å². The molecule has 3 rings (SSSR count). The van der Waals surface area contributed by atoms with Gasteiger partial charge in [0.15, 0.2) is 0 Å². The van der Waals surface area contributed by atoms with Gasteiger partial charge in [0.05, 0.1) is 18.2 Å². The monoisotopic (exact) mass is 282 g/mol. The molecule has 3 N–H and O–H groups in total. The number of hydrogen-bond donors (Lipinski definition) is 2. The summed E-state index contributed by atoms with van der Waals surface area (Å²) in [5, 5.41) is 3.07. The lowest BCUT2D eigenvalue weighted by molar-refractivity contribution is -0.124. The highest BCUT2D eigenvalue weighted by Crippen LogP contribution is 2.35. The molecule has 0 aromatic heterocycles. The summed E-state index contributed by atoms with van der Waals surface area (Å²) in [6, 6.07) is 7.92. The van der Waals surface area contributed by atoms with Crippen LogP contribution in [0.15, 0.2) is 24.3 Å². The minimum absolute atomic E-state index is 0. The van der Waals surface area contributed by atoms with E-state index in [4.69, 9.17) is 10.5 Å². The van der Waals surface area contributed by atoms with Gasteiger partial charge < -0.3 is 15.8 Å². The Balaban J connectivity index is 0.00000133. The molecule has 0 saturated heterocycles. The number of para-hydroxylation sites is 1. The topological polar surface area (TPSA) is 64.4 Å². The molecule has 1 aromatic rings. The fourth-order valence-corrected chi connectivity index (χ4v) is 2.34. The molecule has 0 spiro atoms. The normalized spacial score (nSPS) is 23.1. The molecule has 4 nitrogen and oxygen atoms in total. The first-order valence-electron chi connectivity index (χ1n) is 6.51. The Morgan fingerprint density at radius 1 is 1.37 bits per heavy atom. The number of nitrogens with two attached hydrogens (primary N) is 1. The highest BCUT2D eigenvalue weighted by molar-refractivity contribution is 5.89. The van der Waals surface area contributed by atoms with Gasteiger partial charge in [0.1, 0.15) is 5.75 Å². The summed E-state index contributed by atoms with van der Waals surface area (Å²) >= 11 is 0. The zero-order chi connectivity index (χ0) is 12.6. The molecule has 0 radical (unpaired) electrons. The van der Waals surface area contributed by atoms with E-state index in [1.54, 1.807) is 0 Å². The number of fused-ring (bicyclic) bond motifs is 1. The van der Waals surface area contributed by atoms with E-state index in [0.29, 0.717) is 6.61 Å². The van der Waals surface area contributed by atoms with Crippen LogP contribution in [0, 0.1) is 0 Å². The van der Waals surface area contributed by atoms with Gasteiger partial charge in [0.2, 0.25) is 5.91 Å². The van der Waals surface area contributed by atoms with Gasteiger partial charge in [-0.05, 0) is 31.7 Å². The molecule has 1 aliphatic carbocycles. The van der Waals surface area contributed by atoms with Crippen molar-refractivity contribution in [2.75, 3.05) is 6.61 Å². The van der Waals surface area contributed by atoms with Gasteiger partial charge in [0.25, 0.3) is 0 Å². The Morgan fingerprint density at radius 3 is 2.84 bits per heavy atom. The van der Waals surface area contributed by atoms with Crippen molar-refractivity contribution in [3.8, 4) is 5.75 Å². The van der Waals surface area contributed by atoms with E-state index < -0.39 is 5.54 Å². The number of ether oxygens (including phenoxy) is 1. The third-order valence-electron chi connectivity index (χ3n) is 3.74. The summed E-state index contributed by atoms with van der Waals surface area (Å²) in [7, 11) is 0. The Labute approximate surface area is 119 Å². The number of carbonyl (C=O) groups is 1. The van der Waals surface area contributed by atoms with E-state index in [-0.39, 0.29) is 24.4 Å². The number of amides is 1. The van der Waals surface area contributed by atoms with E-state index in [1.165, 1.54) is 0 Å². The smallest absolute Gasteiger partial charge is 0.240 e. The quantitative estimate of drug-likeness (QED) is 0.871. The first kappa shape index (κ1) is 14.2. The zero-order valence-electron chi connectivity index (χ0n) is 10.7. The van der Waals surface area contributed by atoms with E-state index in [1.807, 2.05) is 24.3 Å². The molecule has 5 heteroatoms. The fourth-order valence-electron chi connectivity index (χ4n) is 2.34. The maximum Gasteiger partial charge on any atom is 0.240 e. The molecule has 2 aliphatic rings. The first-order chi connectivity index (χ1) is 8.69. The molecular weight excluding hydrogens is 264 g/mol. The Hall–Kier alpha value is -1.26. The molecule has 1 unspecified atom stereocenters. The molecule has 1 amide bonds. The lowest BCUT2D eigenvalue weighted by Gasteiger charge is -2.20. The molecule has 1 fully saturated rings. The van der Waals surface area contributed by atoms with Crippen molar-refractivity contribution in [1.29, 1.82) is 0 Å². The average molecular weight is 283 g/mol. The van der Waals surface area contributed by atoms with Gasteiger partial charge in [-0.3, -0.25) is 4.79 Å². The molecule has 0 bridgehead atoms. The molecule has 1 aliphatic heterocycles. The maximum absolute atomic E-state index is 12.0. The number of halogens is 1. The SMILES string of the molecule is Cl.NC1(C(=O)NC2CCCOc3ccccc32)CC1. The van der Waals surface area contributed by atoms with Gasteiger partial charge in [0, 0.05) is 5.56 Å². The van der Waals surface area contributed by atoms with Crippen LogP contribution in [-0.4, -0.2) is 18.1 Å². The van der Waals surface area contributed by atoms with Crippen molar-refractivity contribution in [3.63, 3.8) is 0 Å². The van der Waals surface area contributed by atoms with Gasteiger partial charge in [-0.2, -0.15) is 0 Å². The van der Waals surface area contributed by atoms with Crippen LogP contribution in [0.5, 0.6) is 5.75 Å². The van der Waals surface area contributed by atoms with Crippen LogP contribution >= 0.6 is 12.4 Å². The minimum atomic E-state index is -0.609. The second kappa shape index (κ2) is 5.39. The number of carbonyl (C=O) groups excluding carboxylic acids is 1. The molecule has 1 atom stereocenters. The van der Waals surface area contributed by atoms with E-state index >= 15 is 0 Å². The van der Waals surface area contributed by atoms with Crippen molar-refractivity contribution in [1.82, 2.24) is 5.32 Å². The van der Waals surface area contributed by atoms with Crippen LogP contribution in [-0.2, 0) is 4.79 Å². The standard InChI is InChI=1S/C14H18N2O2.ClH/c15-14(7-8-14)13(17)16-11-5-3-9-18-12-6-2-1-4-10(11)12;/h1-2,4,6,11H,3,5,7-9,15H2,(H,16,17);1H. The van der Waals surface area contributed by atoms with E-state index in [2.05, 4.69) is 5.32 Å². The first-order valence-corrected chi connectivity index (χ1v) is 6.51. The number of nitrogens with one attached hydrogen (secondary N) is 1. The van der Waals surface area contributed by atoms with Gasteiger partial charge in [-0.1, -0.05) is 18.2 Å². The van der Waals surface area contributed by atoms with Gasteiger partial charge in [-0.25, -0.2) is 0 Å². The molecule has 1 saturated carbocycles. The maximum atomic E-state index is 12.0. The summed E-state index contributed by atoms with van der Waals surface area (Å²) in [5.41, 5.74) is 6.38. The van der Waals surface area contributed by atoms with Crippen LogP contribution in [0.2, 0.25) is 0 Å². The average Bonchev–Trinajstić information content (AvgIpc) is 3.15. The number of hydrogen-bond acceptors (Lipinski definition) is 3. The predicted octanol–water partition coefficient (Wildman–Crippen LogP) is 1.93. The van der Waals surface area contributed by atoms with Crippen molar-refractivity contribution >= 4 is 18.3 Å².